The van der Waals surface area contributed by atoms with Crippen LogP contribution in [0.1, 0.15) is 34.1 Å². The molecule has 0 heterocycles. The summed E-state index contributed by atoms with van der Waals surface area (Å²) in [5.41, 5.74) is 0. The van der Waals surface area contributed by atoms with Crippen molar-refractivity contribution in [2.24, 2.45) is 0 Å². The maximum absolute atomic E-state index is 5.35. The van der Waals surface area contributed by atoms with Crippen molar-refractivity contribution in [2.75, 3.05) is 20.0 Å². The molecular formula is C10H22O3. The second-order valence-corrected chi connectivity index (χ2v) is 3.51. The van der Waals surface area contributed by atoms with Gasteiger partial charge in [-0.2, -0.15) is 0 Å². The van der Waals surface area contributed by atoms with Crippen molar-refractivity contribution in [1.29, 1.82) is 0 Å². The molecule has 0 rings (SSSR count). The molecule has 0 bridgehead atoms. The fraction of sp³-hybridized carbons (Fsp3) is 1.00. The van der Waals surface area contributed by atoms with E-state index in [4.69, 9.17) is 14.2 Å². The van der Waals surface area contributed by atoms with Crippen LogP contribution in [0.25, 0.3) is 0 Å². The van der Waals surface area contributed by atoms with Gasteiger partial charge in [0.25, 0.3) is 0 Å². The van der Waals surface area contributed by atoms with E-state index in [-0.39, 0.29) is 6.10 Å². The van der Waals surface area contributed by atoms with E-state index < -0.39 is 0 Å². The second-order valence-electron chi connectivity index (χ2n) is 3.51. The van der Waals surface area contributed by atoms with Crippen LogP contribution in [0.3, 0.4) is 0 Å². The van der Waals surface area contributed by atoms with Gasteiger partial charge in [-0.3, -0.25) is 0 Å². The molecule has 3 heteroatoms. The van der Waals surface area contributed by atoms with Crippen LogP contribution in [0.4, 0.5) is 0 Å². The third kappa shape index (κ3) is 11.9. The molecule has 13 heavy (non-hydrogen) atoms. The molecule has 0 spiro atoms. The largest absolute Gasteiger partial charge is 0.379 e. The van der Waals surface area contributed by atoms with E-state index >= 15 is 0 Å². The van der Waals surface area contributed by atoms with Crippen LogP contribution < -0.4 is 0 Å². The zero-order chi connectivity index (χ0) is 10.1. The molecule has 0 amide bonds. The van der Waals surface area contributed by atoms with Crippen molar-refractivity contribution in [3.63, 3.8) is 0 Å². The molecule has 0 aromatic rings. The van der Waals surface area contributed by atoms with Crippen molar-refractivity contribution in [1.82, 2.24) is 0 Å². The number of ether oxygens (including phenoxy) is 3. The van der Waals surface area contributed by atoms with Crippen LogP contribution in [0.2, 0.25) is 0 Å². The van der Waals surface area contributed by atoms with Gasteiger partial charge in [0, 0.05) is 6.61 Å². The minimum absolute atomic E-state index is 0.243. The van der Waals surface area contributed by atoms with Gasteiger partial charge in [0.1, 0.15) is 6.79 Å². The fourth-order valence-electron chi connectivity index (χ4n) is 0.723. The maximum Gasteiger partial charge on any atom is 0.147 e. The molecule has 0 aliphatic rings. The first-order valence-corrected chi connectivity index (χ1v) is 4.94. The molecule has 80 valence electrons. The third-order valence-electron chi connectivity index (χ3n) is 1.37. The van der Waals surface area contributed by atoms with Gasteiger partial charge < -0.3 is 14.2 Å². The lowest BCUT2D eigenvalue weighted by atomic mass is 10.4. The Balaban J connectivity index is 2.92. The minimum Gasteiger partial charge on any atom is -0.379 e. The summed E-state index contributed by atoms with van der Waals surface area (Å²) in [5.74, 6) is 0. The van der Waals surface area contributed by atoms with E-state index in [1.165, 1.54) is 0 Å². The zero-order valence-corrected chi connectivity index (χ0v) is 9.21. The Morgan fingerprint density at radius 1 is 0.846 bits per heavy atom. The highest BCUT2D eigenvalue weighted by atomic mass is 16.7. The summed E-state index contributed by atoms with van der Waals surface area (Å²) in [6.07, 6.45) is 1.48. The van der Waals surface area contributed by atoms with Crippen molar-refractivity contribution in [3.8, 4) is 0 Å². The monoisotopic (exact) mass is 190 g/mol. The first-order valence-electron chi connectivity index (χ1n) is 4.94. The SMILES string of the molecule is CC(C)OCCCOCOC(C)C. The van der Waals surface area contributed by atoms with E-state index in [0.717, 1.165) is 13.0 Å². The lowest BCUT2D eigenvalue weighted by Gasteiger charge is -2.09. The van der Waals surface area contributed by atoms with Gasteiger partial charge in [-0.15, -0.1) is 0 Å². The summed E-state index contributed by atoms with van der Waals surface area (Å²) in [7, 11) is 0. The first-order chi connectivity index (χ1) is 6.13. The molecule has 0 atom stereocenters. The molecule has 0 saturated carbocycles. The molecule has 0 saturated heterocycles. The van der Waals surface area contributed by atoms with Crippen LogP contribution in [-0.4, -0.2) is 32.2 Å². The van der Waals surface area contributed by atoms with Gasteiger partial charge in [-0.25, -0.2) is 0 Å². The predicted octanol–water partition coefficient (Wildman–Crippen LogP) is 2.20. The average molecular weight is 190 g/mol. The van der Waals surface area contributed by atoms with Crippen molar-refractivity contribution < 1.29 is 14.2 Å². The van der Waals surface area contributed by atoms with Crippen LogP contribution in [0, 0.1) is 0 Å². The van der Waals surface area contributed by atoms with Gasteiger partial charge in [-0.1, -0.05) is 0 Å². The smallest absolute Gasteiger partial charge is 0.147 e. The molecule has 0 aromatic heterocycles. The molecule has 0 radical (unpaired) electrons. The Morgan fingerprint density at radius 3 is 2.00 bits per heavy atom. The lowest BCUT2D eigenvalue weighted by Crippen LogP contribution is -2.10. The van der Waals surface area contributed by atoms with Gasteiger partial charge in [-0.05, 0) is 34.1 Å². The second kappa shape index (κ2) is 8.48. The third-order valence-corrected chi connectivity index (χ3v) is 1.37. The summed E-state index contributed by atoms with van der Waals surface area (Å²) in [6.45, 7) is 9.90. The fourth-order valence-corrected chi connectivity index (χ4v) is 0.723. The van der Waals surface area contributed by atoms with Crippen molar-refractivity contribution >= 4 is 0 Å². The molecule has 0 unspecified atom stereocenters. The topological polar surface area (TPSA) is 27.7 Å². The first kappa shape index (κ1) is 12.9. The standard InChI is InChI=1S/C10H22O3/c1-9(2)12-7-5-6-11-8-13-10(3)4/h9-10H,5-8H2,1-4H3. The van der Waals surface area contributed by atoms with Gasteiger partial charge in [0.05, 0.1) is 18.8 Å². The van der Waals surface area contributed by atoms with Gasteiger partial charge in [0.15, 0.2) is 0 Å². The predicted molar refractivity (Wildman–Crippen MR) is 52.7 cm³/mol. The highest BCUT2D eigenvalue weighted by Crippen LogP contribution is 1.92. The van der Waals surface area contributed by atoms with Crippen LogP contribution in [-0.2, 0) is 14.2 Å². The normalized spacial score (nSPS) is 11.5. The minimum atomic E-state index is 0.243. The van der Waals surface area contributed by atoms with Crippen molar-refractivity contribution in [3.05, 3.63) is 0 Å². The summed E-state index contributed by atoms with van der Waals surface area (Å²) in [6, 6.07) is 0. The Labute approximate surface area is 81.4 Å². The van der Waals surface area contributed by atoms with E-state index in [9.17, 15) is 0 Å². The summed E-state index contributed by atoms with van der Waals surface area (Å²) < 4.78 is 15.8. The van der Waals surface area contributed by atoms with Gasteiger partial charge in [0.2, 0.25) is 0 Å². The molecule has 3 nitrogen and oxygen atoms in total. The quantitative estimate of drug-likeness (QED) is 0.434. The zero-order valence-electron chi connectivity index (χ0n) is 9.21. The lowest BCUT2D eigenvalue weighted by molar-refractivity contribution is -0.0826. The van der Waals surface area contributed by atoms with E-state index in [0.29, 0.717) is 19.5 Å². The molecule has 0 fully saturated rings. The van der Waals surface area contributed by atoms with Crippen molar-refractivity contribution in [2.45, 2.75) is 46.3 Å². The summed E-state index contributed by atoms with van der Waals surface area (Å²) in [4.78, 5) is 0. The Morgan fingerprint density at radius 2 is 1.46 bits per heavy atom. The average Bonchev–Trinajstić information content (AvgIpc) is 2.01. The highest BCUT2D eigenvalue weighted by molar-refractivity contribution is 4.38. The number of hydrogen-bond acceptors (Lipinski definition) is 3. The molecule has 0 aromatic carbocycles. The number of hydrogen-bond donors (Lipinski definition) is 0. The van der Waals surface area contributed by atoms with E-state index in [1.807, 2.05) is 27.7 Å². The van der Waals surface area contributed by atoms with Crippen LogP contribution in [0.15, 0.2) is 0 Å². The summed E-state index contributed by atoms with van der Waals surface area (Å²) >= 11 is 0. The number of rotatable bonds is 8. The molecule has 0 aliphatic carbocycles. The Bertz CT molecular complexity index is 90.3. The van der Waals surface area contributed by atoms with Gasteiger partial charge >= 0.3 is 0 Å². The van der Waals surface area contributed by atoms with Crippen LogP contribution in [0.5, 0.6) is 0 Å². The molecule has 0 N–H and O–H groups in total. The van der Waals surface area contributed by atoms with E-state index in [1.54, 1.807) is 0 Å². The van der Waals surface area contributed by atoms with E-state index in [2.05, 4.69) is 0 Å². The molecule has 0 aliphatic heterocycles. The highest BCUT2D eigenvalue weighted by Gasteiger charge is 1.94. The molecular weight excluding hydrogens is 168 g/mol. The Kier molecular flexibility index (Phi) is 8.40. The van der Waals surface area contributed by atoms with Crippen LogP contribution >= 0.6 is 0 Å². The summed E-state index contributed by atoms with van der Waals surface area (Å²) in [5, 5.41) is 0. The Hall–Kier alpha value is -0.120. The maximum atomic E-state index is 5.35.